The highest BCUT2D eigenvalue weighted by molar-refractivity contribution is 5.36. The highest BCUT2D eigenvalue weighted by atomic mass is 19.1. The third-order valence-corrected chi connectivity index (χ3v) is 8.09. The minimum absolute atomic E-state index is 0.228. The summed E-state index contributed by atoms with van der Waals surface area (Å²) in [7, 11) is 0. The molecule has 4 rings (SSSR count). The van der Waals surface area contributed by atoms with Crippen LogP contribution in [0.25, 0.3) is 0 Å². The molecule has 0 radical (unpaired) electrons. The standard InChI is InChI=1S/C25H33F2NO/c1-2-29-22-9-7-16(8-10-22)17-3-4-19-12-20(6-5-18(19)11-17)21-13-24(26)23(15-28)25(27)14-21/h13-14,16-20,22H,2-12H2,1H3. The molecule has 0 aromatic heterocycles. The van der Waals surface area contributed by atoms with Crippen LogP contribution < -0.4 is 0 Å². The summed E-state index contributed by atoms with van der Waals surface area (Å²) in [5.41, 5.74) is 0.288. The molecule has 3 saturated carbocycles. The second-order valence-corrected chi connectivity index (χ2v) is 9.57. The first-order valence-electron chi connectivity index (χ1n) is 11.6. The van der Waals surface area contributed by atoms with Gasteiger partial charge in [0.2, 0.25) is 0 Å². The first-order chi connectivity index (χ1) is 14.1. The van der Waals surface area contributed by atoms with Gasteiger partial charge >= 0.3 is 0 Å². The molecular formula is C25H33F2NO. The maximum atomic E-state index is 14.1. The summed E-state index contributed by atoms with van der Waals surface area (Å²) in [6, 6.07) is 4.42. The molecule has 158 valence electrons. The second kappa shape index (κ2) is 9.13. The van der Waals surface area contributed by atoms with Crippen molar-refractivity contribution < 1.29 is 13.5 Å². The molecule has 0 aliphatic heterocycles. The summed E-state index contributed by atoms with van der Waals surface area (Å²) in [6.45, 7) is 2.92. The van der Waals surface area contributed by atoms with Crippen molar-refractivity contribution in [2.75, 3.05) is 6.61 Å². The molecule has 3 aliphatic rings. The van der Waals surface area contributed by atoms with Gasteiger partial charge in [-0.1, -0.05) is 0 Å². The van der Waals surface area contributed by atoms with Gasteiger partial charge in [0.1, 0.15) is 23.3 Å². The molecule has 0 amide bonds. The van der Waals surface area contributed by atoms with Crippen LogP contribution >= 0.6 is 0 Å². The van der Waals surface area contributed by atoms with E-state index >= 15 is 0 Å². The molecule has 0 saturated heterocycles. The summed E-state index contributed by atoms with van der Waals surface area (Å²) in [4.78, 5) is 0. The van der Waals surface area contributed by atoms with Crippen LogP contribution in [-0.4, -0.2) is 12.7 Å². The molecular weight excluding hydrogens is 368 g/mol. The monoisotopic (exact) mass is 401 g/mol. The Morgan fingerprint density at radius 2 is 1.41 bits per heavy atom. The van der Waals surface area contributed by atoms with Gasteiger partial charge in [-0.3, -0.25) is 0 Å². The summed E-state index contributed by atoms with van der Waals surface area (Å²) in [5, 5.41) is 8.89. The van der Waals surface area contributed by atoms with Gasteiger partial charge in [-0.15, -0.1) is 0 Å². The highest BCUT2D eigenvalue weighted by Gasteiger charge is 2.39. The first kappa shape index (κ1) is 20.8. The fourth-order valence-corrected chi connectivity index (χ4v) is 6.55. The molecule has 4 unspecified atom stereocenters. The lowest BCUT2D eigenvalue weighted by molar-refractivity contribution is 0.00583. The van der Waals surface area contributed by atoms with Gasteiger partial charge in [-0.2, -0.15) is 5.26 Å². The summed E-state index contributed by atoms with van der Waals surface area (Å²) >= 11 is 0. The Hall–Kier alpha value is -1.47. The van der Waals surface area contributed by atoms with E-state index in [0.29, 0.717) is 12.0 Å². The van der Waals surface area contributed by atoms with Crippen molar-refractivity contribution in [1.82, 2.24) is 0 Å². The van der Waals surface area contributed by atoms with Gasteiger partial charge in [0.05, 0.1) is 6.10 Å². The van der Waals surface area contributed by atoms with Crippen molar-refractivity contribution >= 4 is 0 Å². The van der Waals surface area contributed by atoms with Crippen LogP contribution in [0.2, 0.25) is 0 Å². The number of nitriles is 1. The van der Waals surface area contributed by atoms with Gasteiger partial charge in [0.25, 0.3) is 0 Å². The lowest BCUT2D eigenvalue weighted by Gasteiger charge is -2.45. The molecule has 0 bridgehead atoms. The third-order valence-electron chi connectivity index (χ3n) is 8.09. The Labute approximate surface area is 173 Å². The van der Waals surface area contributed by atoms with Gasteiger partial charge in [0, 0.05) is 6.61 Å². The van der Waals surface area contributed by atoms with Crippen LogP contribution in [-0.2, 0) is 4.74 Å². The predicted molar refractivity (Wildman–Crippen MR) is 109 cm³/mol. The van der Waals surface area contributed by atoms with Gasteiger partial charge in [-0.25, -0.2) is 8.78 Å². The lowest BCUT2D eigenvalue weighted by atomic mass is 9.60. The number of halogens is 2. The van der Waals surface area contributed by atoms with E-state index in [1.807, 2.05) is 0 Å². The fraction of sp³-hybridized carbons (Fsp3) is 0.720. The van der Waals surface area contributed by atoms with Crippen molar-refractivity contribution in [3.05, 3.63) is 34.9 Å². The Kier molecular flexibility index (Phi) is 6.54. The minimum Gasteiger partial charge on any atom is -0.379 e. The van der Waals surface area contributed by atoms with Crippen LogP contribution in [0.3, 0.4) is 0 Å². The molecule has 1 aromatic rings. The zero-order chi connectivity index (χ0) is 20.4. The van der Waals surface area contributed by atoms with Crippen LogP contribution in [0, 0.1) is 46.6 Å². The quantitative estimate of drug-likeness (QED) is 0.560. The van der Waals surface area contributed by atoms with E-state index < -0.39 is 17.2 Å². The normalized spacial score (nSPS) is 35.0. The van der Waals surface area contributed by atoms with Gasteiger partial charge in [-0.05, 0) is 118 Å². The van der Waals surface area contributed by atoms with Gasteiger partial charge < -0.3 is 4.74 Å². The molecule has 0 spiro atoms. The number of rotatable bonds is 4. The number of nitrogens with zero attached hydrogens (tertiary/aromatic N) is 1. The van der Waals surface area contributed by atoms with E-state index in [0.717, 1.165) is 42.8 Å². The van der Waals surface area contributed by atoms with E-state index in [1.165, 1.54) is 63.5 Å². The molecule has 29 heavy (non-hydrogen) atoms. The van der Waals surface area contributed by atoms with Crippen molar-refractivity contribution in [1.29, 1.82) is 5.26 Å². The van der Waals surface area contributed by atoms with E-state index in [1.54, 1.807) is 6.07 Å². The molecule has 0 heterocycles. The Morgan fingerprint density at radius 1 is 0.862 bits per heavy atom. The average Bonchev–Trinajstić information content (AvgIpc) is 2.73. The molecule has 3 aliphatic carbocycles. The maximum Gasteiger partial charge on any atom is 0.144 e. The highest BCUT2D eigenvalue weighted by Crippen LogP contribution is 2.50. The third kappa shape index (κ3) is 4.50. The minimum atomic E-state index is -0.712. The Balaban J connectivity index is 1.34. The number of hydrogen-bond donors (Lipinski definition) is 0. The van der Waals surface area contributed by atoms with Crippen molar-refractivity contribution in [3.63, 3.8) is 0 Å². The average molecular weight is 402 g/mol. The summed E-state index contributed by atoms with van der Waals surface area (Å²) in [5.74, 6) is 2.00. The van der Waals surface area contributed by atoms with E-state index in [9.17, 15) is 8.78 Å². The predicted octanol–water partition coefficient (Wildman–Crippen LogP) is 6.73. The Bertz CT molecular complexity index is 727. The molecule has 0 N–H and O–H groups in total. The summed E-state index contributed by atoms with van der Waals surface area (Å²) < 4.78 is 33.9. The molecule has 3 fully saturated rings. The molecule has 4 heteroatoms. The zero-order valence-corrected chi connectivity index (χ0v) is 17.5. The Morgan fingerprint density at radius 3 is 2.03 bits per heavy atom. The summed E-state index contributed by atoms with van der Waals surface area (Å²) in [6.07, 6.45) is 12.7. The number of hydrogen-bond acceptors (Lipinski definition) is 2. The largest absolute Gasteiger partial charge is 0.379 e. The number of benzene rings is 1. The van der Waals surface area contributed by atoms with Gasteiger partial charge in [0.15, 0.2) is 0 Å². The number of fused-ring (bicyclic) bond motifs is 1. The topological polar surface area (TPSA) is 33.0 Å². The van der Waals surface area contributed by atoms with Crippen LogP contribution in [0.1, 0.15) is 88.2 Å². The molecule has 1 aromatic carbocycles. The van der Waals surface area contributed by atoms with Crippen molar-refractivity contribution in [2.24, 2.45) is 23.7 Å². The zero-order valence-electron chi connectivity index (χ0n) is 17.5. The van der Waals surface area contributed by atoms with Crippen molar-refractivity contribution in [2.45, 2.75) is 83.2 Å². The SMILES string of the molecule is CCOC1CCC(C2CCC3CC(c4cc(F)c(C#N)c(F)c4)CCC3C2)CC1. The number of ether oxygens (including phenoxy) is 1. The van der Waals surface area contributed by atoms with Crippen LogP contribution in [0.5, 0.6) is 0 Å². The fourth-order valence-electron chi connectivity index (χ4n) is 6.55. The first-order valence-corrected chi connectivity index (χ1v) is 11.6. The molecule has 4 atom stereocenters. The lowest BCUT2D eigenvalue weighted by Crippen LogP contribution is -2.35. The van der Waals surface area contributed by atoms with Crippen LogP contribution in [0.4, 0.5) is 8.78 Å². The second-order valence-electron chi connectivity index (χ2n) is 9.57. The van der Waals surface area contributed by atoms with E-state index in [-0.39, 0.29) is 5.92 Å². The van der Waals surface area contributed by atoms with Crippen LogP contribution in [0.15, 0.2) is 12.1 Å². The van der Waals surface area contributed by atoms with Crippen molar-refractivity contribution in [3.8, 4) is 6.07 Å². The molecule has 2 nitrogen and oxygen atoms in total. The smallest absolute Gasteiger partial charge is 0.144 e. The maximum absolute atomic E-state index is 14.1. The van der Waals surface area contributed by atoms with E-state index in [4.69, 9.17) is 10.00 Å². The van der Waals surface area contributed by atoms with E-state index in [2.05, 4.69) is 6.92 Å².